The molecule has 0 aromatic heterocycles. The van der Waals surface area contributed by atoms with Gasteiger partial charge in [0.2, 0.25) is 5.91 Å². The number of amides is 1. The Kier molecular flexibility index (Phi) is 3.06. The van der Waals surface area contributed by atoms with E-state index in [4.69, 9.17) is 4.74 Å². The first-order valence-electron chi connectivity index (χ1n) is 6.46. The van der Waals surface area contributed by atoms with Crippen LogP contribution < -0.4 is 5.32 Å². The van der Waals surface area contributed by atoms with Crippen molar-refractivity contribution in [3.05, 3.63) is 29.3 Å². The summed E-state index contributed by atoms with van der Waals surface area (Å²) >= 11 is 0. The van der Waals surface area contributed by atoms with Gasteiger partial charge in [0, 0.05) is 18.8 Å². The number of hydrogen-bond donors (Lipinski definition) is 1. The van der Waals surface area contributed by atoms with Crippen LogP contribution in [0.1, 0.15) is 11.1 Å². The Balaban J connectivity index is 1.82. The Labute approximate surface area is 107 Å². The molecule has 1 amide bonds. The largest absolute Gasteiger partial charge is 0.379 e. The molecule has 2 heterocycles. The van der Waals surface area contributed by atoms with Crippen LogP contribution in [0.4, 0.5) is 5.69 Å². The minimum atomic E-state index is -0.0379. The van der Waals surface area contributed by atoms with Gasteiger partial charge in [-0.25, -0.2) is 0 Å². The Morgan fingerprint density at radius 3 is 2.89 bits per heavy atom. The Morgan fingerprint density at radius 2 is 2.11 bits per heavy atom. The van der Waals surface area contributed by atoms with Gasteiger partial charge < -0.3 is 10.1 Å². The number of nitrogens with zero attached hydrogens (tertiary/aromatic N) is 1. The molecule has 1 fully saturated rings. The lowest BCUT2D eigenvalue weighted by Crippen LogP contribution is -2.52. The molecule has 0 radical (unpaired) electrons. The van der Waals surface area contributed by atoms with E-state index in [1.807, 2.05) is 13.0 Å². The van der Waals surface area contributed by atoms with Gasteiger partial charge in [0.25, 0.3) is 0 Å². The lowest BCUT2D eigenvalue weighted by Gasteiger charge is -2.36. The first-order valence-corrected chi connectivity index (χ1v) is 6.46. The van der Waals surface area contributed by atoms with E-state index < -0.39 is 0 Å². The highest BCUT2D eigenvalue weighted by Crippen LogP contribution is 2.26. The summed E-state index contributed by atoms with van der Waals surface area (Å²) in [5.74, 6) is 0.120. The van der Waals surface area contributed by atoms with Crippen molar-refractivity contribution in [1.82, 2.24) is 4.90 Å². The summed E-state index contributed by atoms with van der Waals surface area (Å²) in [5.41, 5.74) is 3.39. The van der Waals surface area contributed by atoms with E-state index in [1.165, 1.54) is 11.1 Å². The molecule has 0 saturated carbocycles. The van der Waals surface area contributed by atoms with Gasteiger partial charge in [-0.3, -0.25) is 9.69 Å². The van der Waals surface area contributed by atoms with Crippen LogP contribution in [0.3, 0.4) is 0 Å². The van der Waals surface area contributed by atoms with Crippen molar-refractivity contribution < 1.29 is 9.53 Å². The highest BCUT2D eigenvalue weighted by atomic mass is 16.5. The normalized spacial score (nSPS) is 24.5. The van der Waals surface area contributed by atoms with Crippen molar-refractivity contribution in [2.24, 2.45) is 0 Å². The smallest absolute Gasteiger partial charge is 0.242 e. The van der Waals surface area contributed by atoms with Crippen LogP contribution in [-0.4, -0.2) is 43.2 Å². The monoisotopic (exact) mass is 246 g/mol. The molecule has 1 aromatic rings. The molecule has 0 spiro atoms. The van der Waals surface area contributed by atoms with Gasteiger partial charge in [-0.2, -0.15) is 0 Å². The number of carbonyl (C=O) groups is 1. The van der Waals surface area contributed by atoms with Gasteiger partial charge in [0.1, 0.15) is 0 Å². The summed E-state index contributed by atoms with van der Waals surface area (Å²) in [6.07, 6.45) is 0.807. The number of carbonyl (C=O) groups excluding carboxylic acids is 1. The van der Waals surface area contributed by atoms with Crippen molar-refractivity contribution in [1.29, 1.82) is 0 Å². The van der Waals surface area contributed by atoms with Crippen LogP contribution in [0.25, 0.3) is 0 Å². The topological polar surface area (TPSA) is 41.6 Å². The zero-order chi connectivity index (χ0) is 12.5. The second kappa shape index (κ2) is 4.71. The van der Waals surface area contributed by atoms with E-state index in [-0.39, 0.29) is 11.9 Å². The summed E-state index contributed by atoms with van der Waals surface area (Å²) < 4.78 is 5.34. The molecular formula is C14H18N2O2. The zero-order valence-corrected chi connectivity index (χ0v) is 10.6. The summed E-state index contributed by atoms with van der Waals surface area (Å²) in [4.78, 5) is 14.4. The molecule has 3 rings (SSSR count). The van der Waals surface area contributed by atoms with Crippen LogP contribution >= 0.6 is 0 Å². The zero-order valence-electron chi connectivity index (χ0n) is 10.6. The lowest BCUT2D eigenvalue weighted by molar-refractivity contribution is -0.123. The van der Waals surface area contributed by atoms with E-state index in [0.717, 1.165) is 38.4 Å². The van der Waals surface area contributed by atoms with Crippen LogP contribution in [0, 0.1) is 6.92 Å². The molecule has 96 valence electrons. The second-order valence-electron chi connectivity index (χ2n) is 5.02. The molecule has 1 N–H and O–H groups in total. The number of benzene rings is 1. The average molecular weight is 246 g/mol. The molecule has 2 aliphatic heterocycles. The third kappa shape index (κ3) is 2.13. The van der Waals surface area contributed by atoms with E-state index in [0.29, 0.717) is 0 Å². The number of rotatable bonds is 1. The van der Waals surface area contributed by atoms with Crippen LogP contribution in [-0.2, 0) is 16.0 Å². The molecule has 0 bridgehead atoms. The van der Waals surface area contributed by atoms with Gasteiger partial charge in [-0.15, -0.1) is 0 Å². The van der Waals surface area contributed by atoms with E-state index in [2.05, 4.69) is 22.3 Å². The third-order valence-electron chi connectivity index (χ3n) is 3.73. The highest BCUT2D eigenvalue weighted by molar-refractivity contribution is 5.98. The number of ether oxygens (including phenoxy) is 1. The molecule has 0 aliphatic carbocycles. The fourth-order valence-electron chi connectivity index (χ4n) is 2.69. The SMILES string of the molecule is Cc1ccc2c(c1)NC(=O)C(N1CCOCC1)C2. The maximum Gasteiger partial charge on any atom is 0.242 e. The molecule has 1 atom stereocenters. The van der Waals surface area contributed by atoms with Crippen molar-refractivity contribution >= 4 is 11.6 Å². The van der Waals surface area contributed by atoms with Crippen molar-refractivity contribution in [3.63, 3.8) is 0 Å². The molecule has 4 heteroatoms. The van der Waals surface area contributed by atoms with Gasteiger partial charge in [-0.1, -0.05) is 12.1 Å². The Bertz CT molecular complexity index is 467. The van der Waals surface area contributed by atoms with Crippen molar-refractivity contribution in [2.45, 2.75) is 19.4 Å². The quantitative estimate of drug-likeness (QED) is 0.809. The highest BCUT2D eigenvalue weighted by Gasteiger charge is 2.31. The van der Waals surface area contributed by atoms with Crippen molar-refractivity contribution in [3.8, 4) is 0 Å². The average Bonchev–Trinajstić information content (AvgIpc) is 2.39. The Morgan fingerprint density at radius 1 is 1.33 bits per heavy atom. The number of hydrogen-bond acceptors (Lipinski definition) is 3. The fourth-order valence-corrected chi connectivity index (χ4v) is 2.69. The van der Waals surface area contributed by atoms with E-state index in [1.54, 1.807) is 0 Å². The molecule has 1 aromatic carbocycles. The van der Waals surface area contributed by atoms with E-state index >= 15 is 0 Å². The maximum absolute atomic E-state index is 12.2. The number of fused-ring (bicyclic) bond motifs is 1. The standard InChI is InChI=1S/C14H18N2O2/c1-10-2-3-11-9-13(14(17)15-12(11)8-10)16-4-6-18-7-5-16/h2-3,8,13H,4-7,9H2,1H3,(H,15,17). The minimum absolute atomic E-state index is 0.0379. The summed E-state index contributed by atoms with van der Waals surface area (Å²) in [5, 5.41) is 3.03. The van der Waals surface area contributed by atoms with Crippen LogP contribution in [0.15, 0.2) is 18.2 Å². The fraction of sp³-hybridized carbons (Fsp3) is 0.500. The van der Waals surface area contributed by atoms with E-state index in [9.17, 15) is 4.79 Å². The predicted molar refractivity (Wildman–Crippen MR) is 69.7 cm³/mol. The predicted octanol–water partition coefficient (Wildman–Crippen LogP) is 1.19. The van der Waals surface area contributed by atoms with Gasteiger partial charge >= 0.3 is 0 Å². The molecule has 1 saturated heterocycles. The molecule has 1 unspecified atom stereocenters. The molecular weight excluding hydrogens is 228 g/mol. The molecule has 4 nitrogen and oxygen atoms in total. The Hall–Kier alpha value is -1.39. The van der Waals surface area contributed by atoms with Gasteiger partial charge in [0.15, 0.2) is 0 Å². The number of aryl methyl sites for hydroxylation is 1. The number of morpholine rings is 1. The number of anilines is 1. The maximum atomic E-state index is 12.2. The first kappa shape index (κ1) is 11.7. The number of nitrogens with one attached hydrogen (secondary N) is 1. The summed E-state index contributed by atoms with van der Waals surface area (Å²) in [7, 11) is 0. The molecule has 2 aliphatic rings. The summed E-state index contributed by atoms with van der Waals surface area (Å²) in [6.45, 7) is 5.19. The lowest BCUT2D eigenvalue weighted by atomic mass is 9.96. The molecule has 18 heavy (non-hydrogen) atoms. The van der Waals surface area contributed by atoms with Crippen molar-refractivity contribution in [2.75, 3.05) is 31.6 Å². The second-order valence-corrected chi connectivity index (χ2v) is 5.02. The van der Waals surface area contributed by atoms with Gasteiger partial charge in [0.05, 0.1) is 19.3 Å². The first-order chi connectivity index (χ1) is 8.74. The van der Waals surface area contributed by atoms with Crippen LogP contribution in [0.5, 0.6) is 0 Å². The van der Waals surface area contributed by atoms with Gasteiger partial charge in [-0.05, 0) is 30.5 Å². The van der Waals surface area contributed by atoms with Crippen LogP contribution in [0.2, 0.25) is 0 Å². The third-order valence-corrected chi connectivity index (χ3v) is 3.73. The summed E-state index contributed by atoms with van der Waals surface area (Å²) in [6, 6.07) is 6.23. The minimum Gasteiger partial charge on any atom is -0.379 e.